The van der Waals surface area contributed by atoms with Gasteiger partial charge in [-0.15, -0.1) is 11.6 Å². The van der Waals surface area contributed by atoms with Crippen LogP contribution in [0.5, 0.6) is 0 Å². The Morgan fingerprint density at radius 2 is 1.94 bits per heavy atom. The molecular formula is C13H14ClN3O. The zero-order chi connectivity index (χ0) is 12.8. The molecule has 1 heterocycles. The largest absolute Gasteiger partial charge is 0.326 e. The monoisotopic (exact) mass is 263 g/mol. The smallest absolute Gasteiger partial charge is 0.224 e. The molecule has 2 rings (SSSR count). The minimum absolute atomic E-state index is 0.00311. The Hall–Kier alpha value is -1.68. The van der Waals surface area contributed by atoms with Crippen LogP contribution < -0.4 is 5.32 Å². The number of rotatable bonds is 5. The number of hydrogen-bond acceptors (Lipinski definition) is 3. The fourth-order valence-electron chi connectivity index (χ4n) is 1.64. The quantitative estimate of drug-likeness (QED) is 0.666. The molecule has 5 heteroatoms. The van der Waals surface area contributed by atoms with Crippen LogP contribution in [0, 0.1) is 0 Å². The van der Waals surface area contributed by atoms with Crippen LogP contribution in [0.1, 0.15) is 19.3 Å². The van der Waals surface area contributed by atoms with Crippen LogP contribution in [0.2, 0.25) is 0 Å². The van der Waals surface area contributed by atoms with Crippen LogP contribution in [-0.2, 0) is 4.79 Å². The van der Waals surface area contributed by atoms with E-state index in [-0.39, 0.29) is 5.91 Å². The van der Waals surface area contributed by atoms with Crippen LogP contribution >= 0.6 is 11.6 Å². The highest BCUT2D eigenvalue weighted by molar-refractivity contribution is 6.17. The molecule has 0 aliphatic carbocycles. The fraction of sp³-hybridized carbons (Fsp3) is 0.308. The van der Waals surface area contributed by atoms with Gasteiger partial charge >= 0.3 is 0 Å². The Morgan fingerprint density at radius 1 is 1.17 bits per heavy atom. The number of carbonyl (C=O) groups is 1. The molecule has 0 unspecified atom stereocenters. The maximum atomic E-state index is 11.6. The predicted molar refractivity (Wildman–Crippen MR) is 72.7 cm³/mol. The van der Waals surface area contributed by atoms with Gasteiger partial charge < -0.3 is 5.32 Å². The Bertz CT molecular complexity index is 545. The van der Waals surface area contributed by atoms with Crippen molar-refractivity contribution in [2.75, 3.05) is 11.2 Å². The average molecular weight is 264 g/mol. The normalized spacial score (nSPS) is 10.5. The van der Waals surface area contributed by atoms with Crippen LogP contribution in [0.3, 0.4) is 0 Å². The Morgan fingerprint density at radius 3 is 2.72 bits per heavy atom. The fourth-order valence-corrected chi connectivity index (χ4v) is 1.83. The van der Waals surface area contributed by atoms with Gasteiger partial charge in [-0.2, -0.15) is 0 Å². The van der Waals surface area contributed by atoms with Crippen LogP contribution in [0.25, 0.3) is 11.0 Å². The summed E-state index contributed by atoms with van der Waals surface area (Å²) in [5, 5.41) is 2.84. The second-order valence-corrected chi connectivity index (χ2v) is 4.33. The van der Waals surface area contributed by atoms with Crippen molar-refractivity contribution in [3.8, 4) is 0 Å². The summed E-state index contributed by atoms with van der Waals surface area (Å²) in [6, 6.07) is 5.49. The Kier molecular flexibility index (Phi) is 4.47. The predicted octanol–water partition coefficient (Wildman–Crippen LogP) is 2.98. The highest BCUT2D eigenvalue weighted by Gasteiger charge is 2.03. The summed E-state index contributed by atoms with van der Waals surface area (Å²) >= 11 is 5.56. The number of aromatic nitrogens is 2. The van der Waals surface area contributed by atoms with Gasteiger partial charge in [-0.1, -0.05) is 0 Å². The Balaban J connectivity index is 2.01. The summed E-state index contributed by atoms with van der Waals surface area (Å²) in [6.45, 7) is 0. The molecule has 0 aliphatic rings. The minimum Gasteiger partial charge on any atom is -0.326 e. The molecule has 1 amide bonds. The zero-order valence-corrected chi connectivity index (χ0v) is 10.7. The number of halogens is 1. The maximum absolute atomic E-state index is 11.6. The topological polar surface area (TPSA) is 54.9 Å². The van der Waals surface area contributed by atoms with E-state index in [0.717, 1.165) is 29.6 Å². The Labute approximate surface area is 110 Å². The third-order valence-corrected chi connectivity index (χ3v) is 2.81. The van der Waals surface area contributed by atoms with Crippen LogP contribution in [-0.4, -0.2) is 21.8 Å². The summed E-state index contributed by atoms with van der Waals surface area (Å²) in [6.07, 6.45) is 5.44. The van der Waals surface area contributed by atoms with Gasteiger partial charge in [-0.3, -0.25) is 14.8 Å². The summed E-state index contributed by atoms with van der Waals surface area (Å²) in [4.78, 5) is 20.0. The third-order valence-electron chi connectivity index (χ3n) is 2.54. The minimum atomic E-state index is 0.00311. The third kappa shape index (κ3) is 3.40. The molecule has 1 aromatic heterocycles. The molecule has 4 nitrogen and oxygen atoms in total. The summed E-state index contributed by atoms with van der Waals surface area (Å²) in [5.41, 5.74) is 2.34. The number of carbonyl (C=O) groups excluding carboxylic acids is 1. The molecule has 0 fully saturated rings. The number of unbranched alkanes of at least 4 members (excludes halogenated alkanes) is 1. The lowest BCUT2D eigenvalue weighted by molar-refractivity contribution is -0.116. The van der Waals surface area contributed by atoms with E-state index >= 15 is 0 Å². The molecule has 1 aromatic carbocycles. The van der Waals surface area contributed by atoms with Crippen molar-refractivity contribution in [2.45, 2.75) is 19.3 Å². The van der Waals surface area contributed by atoms with Gasteiger partial charge in [-0.25, -0.2) is 0 Å². The number of nitrogens with one attached hydrogen (secondary N) is 1. The van der Waals surface area contributed by atoms with Crippen LogP contribution in [0.15, 0.2) is 30.6 Å². The van der Waals surface area contributed by atoms with E-state index in [9.17, 15) is 4.79 Å². The van der Waals surface area contributed by atoms with Gasteiger partial charge in [0, 0.05) is 30.4 Å². The van der Waals surface area contributed by atoms with Gasteiger partial charge in [0.05, 0.1) is 11.0 Å². The summed E-state index contributed by atoms with van der Waals surface area (Å²) < 4.78 is 0. The van der Waals surface area contributed by atoms with Crippen molar-refractivity contribution >= 4 is 34.2 Å². The average Bonchev–Trinajstić information content (AvgIpc) is 2.39. The molecule has 1 N–H and O–H groups in total. The van der Waals surface area contributed by atoms with Gasteiger partial charge in [0.1, 0.15) is 0 Å². The number of anilines is 1. The number of alkyl halides is 1. The van der Waals surface area contributed by atoms with Gasteiger partial charge in [0.25, 0.3) is 0 Å². The number of fused-ring (bicyclic) bond motifs is 1. The van der Waals surface area contributed by atoms with Crippen molar-refractivity contribution in [1.82, 2.24) is 9.97 Å². The molecule has 2 aromatic rings. The maximum Gasteiger partial charge on any atom is 0.224 e. The van der Waals surface area contributed by atoms with Crippen molar-refractivity contribution in [3.63, 3.8) is 0 Å². The van der Waals surface area contributed by atoms with E-state index in [1.165, 1.54) is 0 Å². The summed E-state index contributed by atoms with van der Waals surface area (Å²) in [5.74, 6) is 0.599. The second-order valence-electron chi connectivity index (χ2n) is 3.95. The molecule has 0 saturated carbocycles. The first-order chi connectivity index (χ1) is 8.79. The van der Waals surface area contributed by atoms with E-state index < -0.39 is 0 Å². The van der Waals surface area contributed by atoms with E-state index in [4.69, 9.17) is 11.6 Å². The number of benzene rings is 1. The molecule has 0 atom stereocenters. The SMILES string of the molecule is O=C(CCCCCl)Nc1ccc2nccnc2c1. The van der Waals surface area contributed by atoms with Gasteiger partial charge in [0.15, 0.2) is 0 Å². The lowest BCUT2D eigenvalue weighted by Crippen LogP contribution is -2.11. The summed E-state index contributed by atoms with van der Waals surface area (Å²) in [7, 11) is 0. The molecular weight excluding hydrogens is 250 g/mol. The molecule has 0 saturated heterocycles. The molecule has 0 aliphatic heterocycles. The molecule has 94 valence electrons. The van der Waals surface area contributed by atoms with Crippen molar-refractivity contribution in [3.05, 3.63) is 30.6 Å². The number of amides is 1. The van der Waals surface area contributed by atoms with E-state index in [2.05, 4.69) is 15.3 Å². The molecule has 0 bridgehead atoms. The van der Waals surface area contributed by atoms with E-state index in [1.54, 1.807) is 12.4 Å². The van der Waals surface area contributed by atoms with Crippen molar-refractivity contribution in [1.29, 1.82) is 0 Å². The highest BCUT2D eigenvalue weighted by Crippen LogP contribution is 2.15. The first-order valence-electron chi connectivity index (χ1n) is 5.86. The molecule has 0 radical (unpaired) electrons. The molecule has 0 spiro atoms. The lowest BCUT2D eigenvalue weighted by Gasteiger charge is -2.05. The standard InChI is InChI=1S/C13H14ClN3O/c14-6-2-1-3-13(18)17-10-4-5-11-12(9-10)16-8-7-15-11/h4-5,7-9H,1-3,6H2,(H,17,18). The van der Waals surface area contributed by atoms with E-state index in [0.29, 0.717) is 12.3 Å². The second kappa shape index (κ2) is 6.31. The zero-order valence-electron chi connectivity index (χ0n) is 9.90. The van der Waals surface area contributed by atoms with Gasteiger partial charge in [-0.05, 0) is 31.0 Å². The molecule has 18 heavy (non-hydrogen) atoms. The van der Waals surface area contributed by atoms with Gasteiger partial charge in [0.2, 0.25) is 5.91 Å². The highest BCUT2D eigenvalue weighted by atomic mass is 35.5. The van der Waals surface area contributed by atoms with Crippen molar-refractivity contribution in [2.24, 2.45) is 0 Å². The first-order valence-corrected chi connectivity index (χ1v) is 6.39. The number of nitrogens with zero attached hydrogens (tertiary/aromatic N) is 2. The first kappa shape index (κ1) is 12.8. The van der Waals surface area contributed by atoms with Crippen LogP contribution in [0.4, 0.5) is 5.69 Å². The number of hydrogen-bond donors (Lipinski definition) is 1. The van der Waals surface area contributed by atoms with E-state index in [1.807, 2.05) is 18.2 Å². The van der Waals surface area contributed by atoms with Crippen molar-refractivity contribution < 1.29 is 4.79 Å². The lowest BCUT2D eigenvalue weighted by atomic mass is 10.2.